The molecule has 0 saturated carbocycles. The largest absolute Gasteiger partial charge is 0.497 e. The number of nitro groups is 1. The Morgan fingerprint density at radius 2 is 1.41 bits per heavy atom. The van der Waals surface area contributed by atoms with Crippen LogP contribution in [0.1, 0.15) is 0 Å². The van der Waals surface area contributed by atoms with Gasteiger partial charge < -0.3 is 14.8 Å². The lowest BCUT2D eigenvalue weighted by Crippen LogP contribution is -2.17. The molecule has 34 heavy (non-hydrogen) atoms. The van der Waals surface area contributed by atoms with Gasteiger partial charge in [-0.15, -0.1) is 0 Å². The highest BCUT2D eigenvalue weighted by molar-refractivity contribution is 7.92. The first-order valence-electron chi connectivity index (χ1n) is 9.84. The maximum atomic E-state index is 13.1. The molecule has 12 heteroatoms. The molecule has 0 bridgehead atoms. The van der Waals surface area contributed by atoms with Gasteiger partial charge in [-0.3, -0.25) is 14.8 Å². The van der Waals surface area contributed by atoms with Crippen molar-refractivity contribution >= 4 is 44.1 Å². The van der Waals surface area contributed by atoms with Gasteiger partial charge in [-0.25, -0.2) is 18.4 Å². The van der Waals surface area contributed by atoms with Gasteiger partial charge in [-0.05, 0) is 18.2 Å². The fourth-order valence-electron chi connectivity index (χ4n) is 3.19. The summed E-state index contributed by atoms with van der Waals surface area (Å²) >= 11 is 0. The van der Waals surface area contributed by atoms with Gasteiger partial charge in [0.05, 0.1) is 30.2 Å². The van der Waals surface area contributed by atoms with E-state index in [1.165, 1.54) is 26.4 Å². The fraction of sp³-hybridized carbons (Fsp3) is 0.0909. The maximum Gasteiger partial charge on any atom is 0.289 e. The summed E-state index contributed by atoms with van der Waals surface area (Å²) in [4.78, 5) is 19.0. The number of aromatic nitrogens is 2. The number of fused-ring (bicyclic) bond motifs is 1. The Hall–Kier alpha value is -4.45. The molecule has 0 aliphatic heterocycles. The molecular formula is C22H19N5O6S. The van der Waals surface area contributed by atoms with E-state index in [0.717, 1.165) is 12.1 Å². The minimum atomic E-state index is -4.38. The van der Waals surface area contributed by atoms with Crippen LogP contribution in [0, 0.1) is 10.1 Å². The van der Waals surface area contributed by atoms with Crippen LogP contribution in [0.3, 0.4) is 0 Å². The molecule has 0 amide bonds. The van der Waals surface area contributed by atoms with Gasteiger partial charge in [0.2, 0.25) is 0 Å². The van der Waals surface area contributed by atoms with Crippen molar-refractivity contribution in [3.8, 4) is 11.5 Å². The number of nitrogens with one attached hydrogen (secondary N) is 2. The van der Waals surface area contributed by atoms with Crippen molar-refractivity contribution in [1.29, 1.82) is 0 Å². The zero-order chi connectivity index (χ0) is 24.3. The van der Waals surface area contributed by atoms with Crippen LogP contribution in [-0.2, 0) is 10.0 Å². The predicted octanol–water partition coefficient (Wildman–Crippen LogP) is 4.10. The molecule has 11 nitrogen and oxygen atoms in total. The van der Waals surface area contributed by atoms with Gasteiger partial charge in [0.15, 0.2) is 16.5 Å². The van der Waals surface area contributed by atoms with E-state index in [0.29, 0.717) is 28.2 Å². The second-order valence-corrected chi connectivity index (χ2v) is 8.62. The van der Waals surface area contributed by atoms with E-state index < -0.39 is 25.5 Å². The molecule has 0 saturated heterocycles. The lowest BCUT2D eigenvalue weighted by atomic mass is 10.2. The van der Waals surface area contributed by atoms with Crippen LogP contribution in [0.4, 0.5) is 23.0 Å². The molecule has 1 aromatic heterocycles. The molecule has 0 radical (unpaired) electrons. The van der Waals surface area contributed by atoms with Crippen molar-refractivity contribution in [2.24, 2.45) is 0 Å². The summed E-state index contributed by atoms with van der Waals surface area (Å²) in [6, 6.07) is 16.9. The highest BCUT2D eigenvalue weighted by Gasteiger charge is 2.27. The monoisotopic (exact) mass is 481 g/mol. The molecule has 3 aromatic carbocycles. The molecule has 0 atom stereocenters. The number of hydrogen-bond donors (Lipinski definition) is 2. The molecule has 0 unspecified atom stereocenters. The summed E-state index contributed by atoms with van der Waals surface area (Å²) in [5.74, 6) is 0.935. The summed E-state index contributed by atoms with van der Waals surface area (Å²) in [5.41, 5.74) is 0.868. The Kier molecular flexibility index (Phi) is 6.15. The van der Waals surface area contributed by atoms with Crippen molar-refractivity contribution in [2.75, 3.05) is 24.3 Å². The minimum Gasteiger partial charge on any atom is -0.497 e. The number of para-hydroxylation sites is 3. The highest BCUT2D eigenvalue weighted by Crippen LogP contribution is 2.32. The SMILES string of the molecule is COc1cc(Nc2nc3ccccc3nc2NS(=O)(=O)c2ccccc2[N+](=O)[O-])cc(OC)c1. The summed E-state index contributed by atoms with van der Waals surface area (Å²) in [7, 11) is -1.38. The van der Waals surface area contributed by atoms with Gasteiger partial charge >= 0.3 is 0 Å². The topological polar surface area (TPSA) is 146 Å². The van der Waals surface area contributed by atoms with E-state index in [-0.39, 0.29) is 11.6 Å². The van der Waals surface area contributed by atoms with Gasteiger partial charge in [0, 0.05) is 30.0 Å². The van der Waals surface area contributed by atoms with Gasteiger partial charge in [0.25, 0.3) is 15.7 Å². The molecule has 174 valence electrons. The molecule has 2 N–H and O–H groups in total. The molecule has 0 aliphatic rings. The predicted molar refractivity (Wildman–Crippen MR) is 126 cm³/mol. The number of sulfonamides is 1. The Labute approximate surface area is 194 Å². The van der Waals surface area contributed by atoms with Gasteiger partial charge in [-0.2, -0.15) is 0 Å². The smallest absolute Gasteiger partial charge is 0.289 e. The average molecular weight is 481 g/mol. The molecule has 0 fully saturated rings. The fourth-order valence-corrected chi connectivity index (χ4v) is 4.37. The van der Waals surface area contributed by atoms with Crippen molar-refractivity contribution in [3.63, 3.8) is 0 Å². The van der Waals surface area contributed by atoms with Crippen LogP contribution in [-0.4, -0.2) is 37.5 Å². The highest BCUT2D eigenvalue weighted by atomic mass is 32.2. The summed E-state index contributed by atoms with van der Waals surface area (Å²) in [5, 5.41) is 14.4. The van der Waals surface area contributed by atoms with Gasteiger partial charge in [0.1, 0.15) is 11.5 Å². The van der Waals surface area contributed by atoms with Crippen LogP contribution in [0.15, 0.2) is 71.6 Å². The number of methoxy groups -OCH3 is 2. The van der Waals surface area contributed by atoms with Crippen molar-refractivity contribution in [2.45, 2.75) is 4.90 Å². The van der Waals surface area contributed by atoms with E-state index in [1.54, 1.807) is 42.5 Å². The number of anilines is 3. The van der Waals surface area contributed by atoms with Crippen LogP contribution in [0.2, 0.25) is 0 Å². The quantitative estimate of drug-likeness (QED) is 0.280. The van der Waals surface area contributed by atoms with Crippen molar-refractivity contribution < 1.29 is 22.8 Å². The standard InChI is InChI=1S/C22H19N5O6S/c1-32-15-11-14(12-16(13-15)33-2)23-21-22(25-18-8-4-3-7-17(18)24-21)26-34(30,31)20-10-6-5-9-19(20)27(28)29/h3-13H,1-2H3,(H,23,24)(H,25,26). The normalized spacial score (nSPS) is 11.1. The molecular weight excluding hydrogens is 462 g/mol. The second kappa shape index (κ2) is 9.19. The number of rotatable bonds is 8. The summed E-state index contributed by atoms with van der Waals surface area (Å²) < 4.78 is 39.1. The summed E-state index contributed by atoms with van der Waals surface area (Å²) in [6.45, 7) is 0. The number of nitro benzene ring substituents is 1. The Bertz CT molecular complexity index is 1470. The Morgan fingerprint density at radius 3 is 2.00 bits per heavy atom. The molecule has 0 spiro atoms. The zero-order valence-corrected chi connectivity index (χ0v) is 18.9. The second-order valence-electron chi connectivity index (χ2n) is 6.97. The number of hydrogen-bond acceptors (Lipinski definition) is 9. The lowest BCUT2D eigenvalue weighted by molar-refractivity contribution is -0.387. The number of nitrogens with zero attached hydrogens (tertiary/aromatic N) is 3. The van der Waals surface area contributed by atoms with Gasteiger partial charge in [-0.1, -0.05) is 24.3 Å². The zero-order valence-electron chi connectivity index (χ0n) is 18.1. The lowest BCUT2D eigenvalue weighted by Gasteiger charge is -2.15. The maximum absolute atomic E-state index is 13.1. The first kappa shape index (κ1) is 22.7. The van der Waals surface area contributed by atoms with E-state index in [1.807, 2.05) is 0 Å². The van der Waals surface area contributed by atoms with E-state index in [9.17, 15) is 18.5 Å². The first-order chi connectivity index (χ1) is 16.3. The molecule has 1 heterocycles. The molecule has 4 aromatic rings. The van der Waals surface area contributed by atoms with Crippen LogP contribution < -0.4 is 19.5 Å². The average Bonchev–Trinajstić information content (AvgIpc) is 2.83. The van der Waals surface area contributed by atoms with E-state index in [4.69, 9.17) is 9.47 Å². The Morgan fingerprint density at radius 1 is 0.853 bits per heavy atom. The summed E-state index contributed by atoms with van der Waals surface area (Å²) in [6.07, 6.45) is 0. The Balaban J connectivity index is 1.82. The van der Waals surface area contributed by atoms with E-state index in [2.05, 4.69) is 20.0 Å². The number of benzene rings is 3. The molecule has 0 aliphatic carbocycles. The minimum absolute atomic E-state index is 0.0798. The first-order valence-corrected chi connectivity index (χ1v) is 11.3. The van der Waals surface area contributed by atoms with Crippen LogP contribution >= 0.6 is 0 Å². The third kappa shape index (κ3) is 4.66. The van der Waals surface area contributed by atoms with Crippen molar-refractivity contribution in [3.05, 3.63) is 76.8 Å². The number of ether oxygens (including phenoxy) is 2. The van der Waals surface area contributed by atoms with E-state index >= 15 is 0 Å². The molecule has 4 rings (SSSR count). The van der Waals surface area contributed by atoms with Crippen LogP contribution in [0.5, 0.6) is 11.5 Å². The van der Waals surface area contributed by atoms with Crippen LogP contribution in [0.25, 0.3) is 11.0 Å². The third-order valence-corrected chi connectivity index (χ3v) is 6.15. The third-order valence-electron chi connectivity index (χ3n) is 4.77. The van der Waals surface area contributed by atoms with Crippen molar-refractivity contribution in [1.82, 2.24) is 9.97 Å².